The molecule has 2 rings (SSSR count). The van der Waals surface area contributed by atoms with Gasteiger partial charge in [0.2, 0.25) is 11.9 Å². The summed E-state index contributed by atoms with van der Waals surface area (Å²) in [5.41, 5.74) is 5.52. The smallest absolute Gasteiger partial charge is 0.245 e. The number of nitrogens with zero attached hydrogens (tertiary/aromatic N) is 5. The van der Waals surface area contributed by atoms with Crippen LogP contribution in [0.4, 0.5) is 5.95 Å². The predicted octanol–water partition coefficient (Wildman–Crippen LogP) is -0.322. The average Bonchev–Trinajstić information content (AvgIpc) is 2.87. The number of nitrogen functional groups attached to an aromatic ring is 1. The van der Waals surface area contributed by atoms with Gasteiger partial charge in [0.15, 0.2) is 0 Å². The van der Waals surface area contributed by atoms with Gasteiger partial charge in [0.05, 0.1) is 6.04 Å². The quantitative estimate of drug-likeness (QED) is 0.726. The fourth-order valence-electron chi connectivity index (χ4n) is 1.93. The van der Waals surface area contributed by atoms with E-state index in [1.807, 2.05) is 11.0 Å². The molecule has 1 unspecified atom stereocenters. The zero-order valence-corrected chi connectivity index (χ0v) is 9.95. The number of carbonyl (C=O) groups excluding carboxylic acids is 1. The van der Waals surface area contributed by atoms with Crippen molar-refractivity contribution in [3.63, 3.8) is 0 Å². The van der Waals surface area contributed by atoms with Crippen molar-refractivity contribution in [2.75, 3.05) is 12.3 Å². The lowest BCUT2D eigenvalue weighted by Crippen LogP contribution is -2.41. The van der Waals surface area contributed by atoms with Crippen LogP contribution in [0.15, 0.2) is 12.2 Å². The number of anilines is 1. The van der Waals surface area contributed by atoms with Crippen molar-refractivity contribution in [2.45, 2.75) is 26.4 Å². The summed E-state index contributed by atoms with van der Waals surface area (Å²) in [6.45, 7) is 4.91. The summed E-state index contributed by atoms with van der Waals surface area (Å²) < 4.78 is 1.30. The molecule has 2 heterocycles. The summed E-state index contributed by atoms with van der Waals surface area (Å²) in [7, 11) is 0. The molecule has 1 amide bonds. The molecule has 0 saturated carbocycles. The zero-order chi connectivity index (χ0) is 12.4. The van der Waals surface area contributed by atoms with Gasteiger partial charge in [0.25, 0.3) is 0 Å². The Hall–Kier alpha value is -1.92. The maximum atomic E-state index is 12.1. The summed E-state index contributed by atoms with van der Waals surface area (Å²) in [6, 6.07) is 0.153. The molecular weight excluding hydrogens is 220 g/mol. The molecule has 1 aromatic heterocycles. The lowest BCUT2D eigenvalue weighted by atomic mass is 10.0. The molecule has 0 saturated heterocycles. The van der Waals surface area contributed by atoms with Crippen molar-refractivity contribution >= 4 is 11.9 Å². The van der Waals surface area contributed by atoms with Gasteiger partial charge in [-0.05, 0) is 16.3 Å². The van der Waals surface area contributed by atoms with E-state index in [0.29, 0.717) is 12.5 Å². The first kappa shape index (κ1) is 11.6. The van der Waals surface area contributed by atoms with Crippen molar-refractivity contribution < 1.29 is 4.79 Å². The molecule has 17 heavy (non-hydrogen) atoms. The minimum absolute atomic E-state index is 0.0206. The largest absolute Gasteiger partial charge is 0.367 e. The molecule has 0 spiro atoms. The van der Waals surface area contributed by atoms with E-state index in [1.54, 1.807) is 0 Å². The number of nitrogens with two attached hydrogens (primary N) is 1. The van der Waals surface area contributed by atoms with Gasteiger partial charge in [-0.2, -0.15) is 0 Å². The molecule has 0 aliphatic carbocycles. The molecule has 0 radical (unpaired) electrons. The number of aromatic nitrogens is 4. The van der Waals surface area contributed by atoms with Crippen molar-refractivity contribution in [2.24, 2.45) is 5.92 Å². The average molecular weight is 236 g/mol. The number of hydrogen-bond acceptors (Lipinski definition) is 5. The third-order valence-electron chi connectivity index (χ3n) is 2.84. The van der Waals surface area contributed by atoms with Crippen LogP contribution in [0, 0.1) is 5.92 Å². The lowest BCUT2D eigenvalue weighted by Gasteiger charge is -2.27. The summed E-state index contributed by atoms with van der Waals surface area (Å²) in [6.07, 6.45) is 4.07. The second-order valence-electron chi connectivity index (χ2n) is 4.40. The van der Waals surface area contributed by atoms with Gasteiger partial charge in [-0.3, -0.25) is 4.79 Å². The van der Waals surface area contributed by atoms with Gasteiger partial charge in [-0.25, -0.2) is 4.68 Å². The number of amides is 1. The van der Waals surface area contributed by atoms with Gasteiger partial charge in [-0.1, -0.05) is 31.1 Å². The van der Waals surface area contributed by atoms with E-state index in [1.165, 1.54) is 4.68 Å². The number of tetrazole rings is 1. The van der Waals surface area contributed by atoms with Crippen LogP contribution in [-0.2, 0) is 11.3 Å². The van der Waals surface area contributed by atoms with Crippen LogP contribution in [0.5, 0.6) is 0 Å². The van der Waals surface area contributed by atoms with Crippen LogP contribution < -0.4 is 5.73 Å². The van der Waals surface area contributed by atoms with Crippen molar-refractivity contribution in [1.29, 1.82) is 0 Å². The molecule has 1 aromatic rings. The lowest BCUT2D eigenvalue weighted by molar-refractivity contribution is -0.133. The van der Waals surface area contributed by atoms with Crippen LogP contribution in [0.25, 0.3) is 0 Å². The molecule has 0 aromatic carbocycles. The Bertz CT molecular complexity index is 438. The van der Waals surface area contributed by atoms with Crippen LogP contribution in [0.1, 0.15) is 13.8 Å². The van der Waals surface area contributed by atoms with Crippen molar-refractivity contribution in [3.8, 4) is 0 Å². The standard InChI is InChI=1S/C10H16N6O/c1-7(2)8-4-3-5-15(8)9(17)6-16-10(11)12-13-14-16/h3-4,7-8H,5-6H2,1-2H3,(H2,11,12,14). The highest BCUT2D eigenvalue weighted by atomic mass is 16.2. The van der Waals surface area contributed by atoms with E-state index in [4.69, 9.17) is 5.73 Å². The van der Waals surface area contributed by atoms with Gasteiger partial charge < -0.3 is 10.6 Å². The molecule has 1 aliphatic heterocycles. The van der Waals surface area contributed by atoms with E-state index >= 15 is 0 Å². The minimum atomic E-state index is -0.0206. The fraction of sp³-hybridized carbons (Fsp3) is 0.600. The van der Waals surface area contributed by atoms with Crippen LogP contribution >= 0.6 is 0 Å². The molecule has 1 aliphatic rings. The molecule has 0 bridgehead atoms. The third kappa shape index (κ3) is 2.27. The van der Waals surface area contributed by atoms with Crippen LogP contribution in [0.2, 0.25) is 0 Å². The van der Waals surface area contributed by atoms with Crippen LogP contribution in [0.3, 0.4) is 0 Å². The van der Waals surface area contributed by atoms with Crippen molar-refractivity contribution in [1.82, 2.24) is 25.1 Å². The summed E-state index contributed by atoms with van der Waals surface area (Å²) >= 11 is 0. The first-order chi connectivity index (χ1) is 8.09. The monoisotopic (exact) mass is 236 g/mol. The molecule has 0 fully saturated rings. The van der Waals surface area contributed by atoms with E-state index in [9.17, 15) is 4.79 Å². The van der Waals surface area contributed by atoms with Crippen molar-refractivity contribution in [3.05, 3.63) is 12.2 Å². The fourth-order valence-corrected chi connectivity index (χ4v) is 1.93. The second-order valence-corrected chi connectivity index (χ2v) is 4.40. The Labute approximate surface area is 99.3 Å². The zero-order valence-electron chi connectivity index (χ0n) is 9.95. The SMILES string of the molecule is CC(C)C1C=CCN1C(=O)Cn1nnnc1N. The first-order valence-electron chi connectivity index (χ1n) is 5.57. The Kier molecular flexibility index (Phi) is 3.08. The van der Waals surface area contributed by atoms with Gasteiger partial charge in [0.1, 0.15) is 6.54 Å². The topological polar surface area (TPSA) is 89.9 Å². The van der Waals surface area contributed by atoms with E-state index in [0.717, 1.165) is 0 Å². The highest BCUT2D eigenvalue weighted by Gasteiger charge is 2.27. The summed E-state index contributed by atoms with van der Waals surface area (Å²) in [4.78, 5) is 13.9. The Morgan fingerprint density at radius 2 is 2.41 bits per heavy atom. The number of rotatable bonds is 3. The second kappa shape index (κ2) is 4.52. The predicted molar refractivity (Wildman–Crippen MR) is 61.7 cm³/mol. The van der Waals surface area contributed by atoms with Gasteiger partial charge >= 0.3 is 0 Å². The molecule has 7 heteroatoms. The van der Waals surface area contributed by atoms with E-state index in [-0.39, 0.29) is 24.4 Å². The maximum Gasteiger partial charge on any atom is 0.245 e. The Morgan fingerprint density at radius 3 is 3.00 bits per heavy atom. The molecule has 1 atom stereocenters. The normalized spacial score (nSPS) is 19.2. The minimum Gasteiger partial charge on any atom is -0.367 e. The Morgan fingerprint density at radius 1 is 1.65 bits per heavy atom. The molecule has 7 nitrogen and oxygen atoms in total. The highest BCUT2D eigenvalue weighted by molar-refractivity contribution is 5.77. The van der Waals surface area contributed by atoms with Crippen LogP contribution in [-0.4, -0.2) is 43.6 Å². The third-order valence-corrected chi connectivity index (χ3v) is 2.84. The Balaban J connectivity index is 2.04. The molecule has 2 N–H and O–H groups in total. The van der Waals surface area contributed by atoms with Gasteiger partial charge in [0, 0.05) is 6.54 Å². The van der Waals surface area contributed by atoms with Gasteiger partial charge in [-0.15, -0.1) is 0 Å². The number of carbonyl (C=O) groups is 1. The molecule has 92 valence electrons. The number of hydrogen-bond donors (Lipinski definition) is 1. The first-order valence-corrected chi connectivity index (χ1v) is 5.57. The highest BCUT2D eigenvalue weighted by Crippen LogP contribution is 2.18. The van der Waals surface area contributed by atoms with E-state index in [2.05, 4.69) is 35.4 Å². The molecular formula is C10H16N6O. The van der Waals surface area contributed by atoms with E-state index < -0.39 is 0 Å². The summed E-state index contributed by atoms with van der Waals surface area (Å²) in [5, 5.41) is 10.6. The summed E-state index contributed by atoms with van der Waals surface area (Å²) in [5.74, 6) is 0.531. The maximum absolute atomic E-state index is 12.1.